The largest absolute Gasteiger partial charge is 0.491 e. The first-order chi connectivity index (χ1) is 11.0. The fraction of sp³-hybridized carbons (Fsp3) is 0.368. The van der Waals surface area contributed by atoms with E-state index in [0.29, 0.717) is 22.6 Å². The molecule has 120 valence electrons. The summed E-state index contributed by atoms with van der Waals surface area (Å²) in [6.45, 7) is 4.08. The van der Waals surface area contributed by atoms with Crippen molar-refractivity contribution in [1.29, 1.82) is 0 Å². The van der Waals surface area contributed by atoms with Gasteiger partial charge in [0, 0.05) is 11.1 Å². The van der Waals surface area contributed by atoms with Gasteiger partial charge in [0.25, 0.3) is 0 Å². The van der Waals surface area contributed by atoms with Crippen molar-refractivity contribution in [1.82, 2.24) is 0 Å². The van der Waals surface area contributed by atoms with Crippen LogP contribution in [0.4, 0.5) is 13.2 Å². The van der Waals surface area contributed by atoms with Crippen molar-refractivity contribution in [2.45, 2.75) is 32.6 Å². The van der Waals surface area contributed by atoms with Gasteiger partial charge < -0.3 is 4.74 Å². The van der Waals surface area contributed by atoms with E-state index in [1.807, 2.05) is 6.07 Å². The average molecular weight is 318 g/mol. The van der Waals surface area contributed by atoms with Gasteiger partial charge in [-0.15, -0.1) is 0 Å². The SMILES string of the molecule is CCOc1cc2c(c(F)c1F)-c1c-2ccc(C2CC(C)C2)c1F. The van der Waals surface area contributed by atoms with Crippen LogP contribution in [-0.4, -0.2) is 6.61 Å². The predicted molar refractivity (Wildman–Crippen MR) is 83.1 cm³/mol. The zero-order chi connectivity index (χ0) is 16.3. The second-order valence-corrected chi connectivity index (χ2v) is 6.52. The highest BCUT2D eigenvalue weighted by molar-refractivity contribution is 6.03. The van der Waals surface area contributed by atoms with Crippen molar-refractivity contribution in [3.63, 3.8) is 0 Å². The third-order valence-corrected chi connectivity index (χ3v) is 5.00. The molecule has 0 N–H and O–H groups in total. The van der Waals surface area contributed by atoms with E-state index >= 15 is 0 Å². The van der Waals surface area contributed by atoms with Crippen LogP contribution in [0.15, 0.2) is 18.2 Å². The molecule has 0 amide bonds. The summed E-state index contributed by atoms with van der Waals surface area (Å²) in [6.07, 6.45) is 1.89. The first kappa shape index (κ1) is 14.6. The number of fused-ring (bicyclic) bond motifs is 4. The molecule has 0 aliphatic heterocycles. The van der Waals surface area contributed by atoms with Gasteiger partial charge >= 0.3 is 0 Å². The lowest BCUT2D eigenvalue weighted by molar-refractivity contribution is 0.282. The molecule has 0 saturated heterocycles. The van der Waals surface area contributed by atoms with E-state index in [2.05, 4.69) is 6.92 Å². The molecule has 0 spiro atoms. The summed E-state index contributed by atoms with van der Waals surface area (Å²) in [5.41, 5.74) is 2.05. The smallest absolute Gasteiger partial charge is 0.201 e. The summed E-state index contributed by atoms with van der Waals surface area (Å²) in [7, 11) is 0. The normalized spacial score (nSPS) is 21.1. The van der Waals surface area contributed by atoms with Gasteiger partial charge in [-0.1, -0.05) is 19.1 Å². The second kappa shape index (κ2) is 5.02. The summed E-state index contributed by atoms with van der Waals surface area (Å²) in [4.78, 5) is 0. The van der Waals surface area contributed by atoms with Crippen molar-refractivity contribution in [2.75, 3.05) is 6.61 Å². The van der Waals surface area contributed by atoms with Crippen molar-refractivity contribution >= 4 is 0 Å². The van der Waals surface area contributed by atoms with Crippen LogP contribution in [0, 0.1) is 23.4 Å². The molecule has 1 saturated carbocycles. The molecule has 4 rings (SSSR count). The van der Waals surface area contributed by atoms with Crippen LogP contribution in [0.2, 0.25) is 0 Å². The zero-order valence-corrected chi connectivity index (χ0v) is 13.1. The summed E-state index contributed by atoms with van der Waals surface area (Å²) in [5, 5.41) is 0. The Kier molecular flexibility index (Phi) is 3.19. The topological polar surface area (TPSA) is 9.23 Å². The minimum absolute atomic E-state index is 0.0488. The van der Waals surface area contributed by atoms with E-state index in [1.54, 1.807) is 13.0 Å². The molecule has 2 aliphatic rings. The Bertz CT molecular complexity index is 807. The van der Waals surface area contributed by atoms with Gasteiger partial charge in [-0.05, 0) is 54.4 Å². The molecule has 2 aliphatic carbocycles. The lowest BCUT2D eigenvalue weighted by atomic mass is 9.70. The first-order valence-corrected chi connectivity index (χ1v) is 8.00. The van der Waals surface area contributed by atoms with E-state index in [-0.39, 0.29) is 29.4 Å². The minimum Gasteiger partial charge on any atom is -0.491 e. The fourth-order valence-electron chi connectivity index (χ4n) is 3.79. The van der Waals surface area contributed by atoms with Crippen molar-refractivity contribution < 1.29 is 17.9 Å². The second-order valence-electron chi connectivity index (χ2n) is 6.52. The first-order valence-electron chi connectivity index (χ1n) is 8.00. The molecular weight excluding hydrogens is 301 g/mol. The summed E-state index contributed by atoms with van der Waals surface area (Å²) in [6, 6.07) is 5.06. The predicted octanol–water partition coefficient (Wildman–Crippen LogP) is 5.66. The quantitative estimate of drug-likeness (QED) is 0.605. The van der Waals surface area contributed by atoms with Crippen molar-refractivity contribution in [2.24, 2.45) is 5.92 Å². The molecule has 23 heavy (non-hydrogen) atoms. The Labute approximate surface area is 133 Å². The Balaban J connectivity index is 1.81. The van der Waals surface area contributed by atoms with Crippen LogP contribution in [0.25, 0.3) is 22.3 Å². The van der Waals surface area contributed by atoms with Gasteiger partial charge in [0.1, 0.15) is 5.82 Å². The molecule has 1 fully saturated rings. The third-order valence-electron chi connectivity index (χ3n) is 5.00. The van der Waals surface area contributed by atoms with Gasteiger partial charge in [-0.25, -0.2) is 8.78 Å². The standard InChI is InChI=1S/C19H17F3O/c1-3-23-14-8-13-12-5-4-11(10-6-9(2)7-10)17(20)15(12)16(13)19(22)18(14)21/h4-5,8-10H,3,6-7H2,1-2H3. The lowest BCUT2D eigenvalue weighted by Gasteiger charge is -2.35. The fourth-order valence-corrected chi connectivity index (χ4v) is 3.79. The van der Waals surface area contributed by atoms with Crippen molar-refractivity contribution in [3.8, 4) is 28.0 Å². The Hall–Kier alpha value is -1.97. The van der Waals surface area contributed by atoms with Crippen LogP contribution < -0.4 is 4.74 Å². The van der Waals surface area contributed by atoms with E-state index in [1.165, 1.54) is 6.07 Å². The van der Waals surface area contributed by atoms with Gasteiger partial charge in [-0.2, -0.15) is 4.39 Å². The van der Waals surface area contributed by atoms with Gasteiger partial charge in [-0.3, -0.25) is 0 Å². The molecule has 0 atom stereocenters. The average Bonchev–Trinajstić information content (AvgIpc) is 2.48. The zero-order valence-electron chi connectivity index (χ0n) is 13.1. The van der Waals surface area contributed by atoms with Gasteiger partial charge in [0.05, 0.1) is 6.61 Å². The Morgan fingerprint density at radius 1 is 1.00 bits per heavy atom. The van der Waals surface area contributed by atoms with E-state index in [4.69, 9.17) is 4.74 Å². The molecule has 0 unspecified atom stereocenters. The number of rotatable bonds is 3. The number of hydrogen-bond acceptors (Lipinski definition) is 1. The summed E-state index contributed by atoms with van der Waals surface area (Å²) >= 11 is 0. The van der Waals surface area contributed by atoms with E-state index in [9.17, 15) is 13.2 Å². The number of benzene rings is 2. The molecule has 2 aromatic carbocycles. The number of halogens is 3. The van der Waals surface area contributed by atoms with Crippen LogP contribution in [0.5, 0.6) is 5.75 Å². The summed E-state index contributed by atoms with van der Waals surface area (Å²) < 4.78 is 48.4. The van der Waals surface area contributed by atoms with Crippen LogP contribution in [0.3, 0.4) is 0 Å². The molecule has 4 heteroatoms. The molecular formula is C19H17F3O. The monoisotopic (exact) mass is 318 g/mol. The molecule has 0 radical (unpaired) electrons. The Morgan fingerprint density at radius 3 is 2.35 bits per heavy atom. The third kappa shape index (κ3) is 1.93. The number of ether oxygens (including phenoxy) is 1. The maximum absolute atomic E-state index is 14.8. The Morgan fingerprint density at radius 2 is 1.70 bits per heavy atom. The maximum atomic E-state index is 14.8. The molecule has 0 bridgehead atoms. The van der Waals surface area contributed by atoms with Crippen LogP contribution >= 0.6 is 0 Å². The molecule has 0 heterocycles. The summed E-state index contributed by atoms with van der Waals surface area (Å²) in [5.74, 6) is -1.79. The van der Waals surface area contributed by atoms with E-state index in [0.717, 1.165) is 12.8 Å². The van der Waals surface area contributed by atoms with Crippen LogP contribution in [0.1, 0.15) is 38.2 Å². The van der Waals surface area contributed by atoms with Crippen LogP contribution in [-0.2, 0) is 0 Å². The highest BCUT2D eigenvalue weighted by Crippen LogP contribution is 2.54. The molecule has 2 aromatic rings. The van der Waals surface area contributed by atoms with Crippen molar-refractivity contribution in [3.05, 3.63) is 41.2 Å². The highest BCUT2D eigenvalue weighted by Gasteiger charge is 2.37. The minimum atomic E-state index is -1.04. The van der Waals surface area contributed by atoms with Gasteiger partial charge in [0.15, 0.2) is 11.6 Å². The van der Waals surface area contributed by atoms with E-state index < -0.39 is 17.5 Å². The van der Waals surface area contributed by atoms with Gasteiger partial charge in [0.2, 0.25) is 5.82 Å². The molecule has 1 nitrogen and oxygen atoms in total. The molecule has 0 aromatic heterocycles. The maximum Gasteiger partial charge on any atom is 0.201 e. The lowest BCUT2D eigenvalue weighted by Crippen LogP contribution is -2.21. The highest BCUT2D eigenvalue weighted by atomic mass is 19.2. The number of hydrogen-bond donors (Lipinski definition) is 0.